The average molecular weight is 199 g/mol. The van der Waals surface area contributed by atoms with Crippen molar-refractivity contribution in [2.24, 2.45) is 11.7 Å². The highest BCUT2D eigenvalue weighted by Gasteiger charge is 2.29. The van der Waals surface area contributed by atoms with Crippen molar-refractivity contribution in [3.8, 4) is 0 Å². The van der Waals surface area contributed by atoms with Crippen LogP contribution in [0.2, 0.25) is 0 Å². The molecule has 0 aromatic rings. The number of amides is 1. The Kier molecular flexibility index (Phi) is 3.89. The van der Waals surface area contributed by atoms with Crippen LogP contribution in [0.5, 0.6) is 0 Å². The highest BCUT2D eigenvalue weighted by Crippen LogP contribution is 2.15. The predicted molar refractivity (Wildman–Crippen MR) is 56.9 cm³/mol. The molecule has 1 saturated heterocycles. The van der Waals surface area contributed by atoms with Crippen LogP contribution in [0.3, 0.4) is 0 Å². The molecule has 2 atom stereocenters. The molecule has 0 aromatic heterocycles. The van der Waals surface area contributed by atoms with E-state index in [1.54, 1.807) is 0 Å². The zero-order valence-electron chi connectivity index (χ0n) is 9.36. The summed E-state index contributed by atoms with van der Waals surface area (Å²) >= 11 is 0. The first kappa shape index (κ1) is 11.5. The fraction of sp³-hybridized carbons (Fsp3) is 0.900. The van der Waals surface area contributed by atoms with Crippen LogP contribution in [0.4, 0.5) is 0 Å². The lowest BCUT2D eigenvalue weighted by Crippen LogP contribution is -2.38. The number of likely N-dealkylation sites (N-methyl/N-ethyl adjacent to an activating group) is 1. The number of hydrogen-bond donors (Lipinski definition) is 1. The SMILES string of the molecule is CC(CN)C(=O)N1CCC(N(C)C)C1. The molecule has 0 bridgehead atoms. The van der Waals surface area contributed by atoms with Gasteiger partial charge in [-0.3, -0.25) is 4.79 Å². The van der Waals surface area contributed by atoms with E-state index in [0.29, 0.717) is 12.6 Å². The Hall–Kier alpha value is -0.610. The molecule has 2 N–H and O–H groups in total. The van der Waals surface area contributed by atoms with Gasteiger partial charge >= 0.3 is 0 Å². The van der Waals surface area contributed by atoms with Crippen molar-refractivity contribution >= 4 is 5.91 Å². The van der Waals surface area contributed by atoms with E-state index in [1.165, 1.54) is 0 Å². The van der Waals surface area contributed by atoms with Gasteiger partial charge in [0, 0.05) is 31.6 Å². The second kappa shape index (κ2) is 4.75. The molecule has 0 radical (unpaired) electrons. The molecule has 1 aliphatic rings. The molecule has 0 aliphatic carbocycles. The Morgan fingerprint density at radius 3 is 2.71 bits per heavy atom. The van der Waals surface area contributed by atoms with Gasteiger partial charge in [-0.25, -0.2) is 0 Å². The Bertz CT molecular complexity index is 206. The summed E-state index contributed by atoms with van der Waals surface area (Å²) in [6.45, 7) is 4.08. The molecule has 1 heterocycles. The molecule has 1 rings (SSSR count). The number of likely N-dealkylation sites (tertiary alicyclic amines) is 1. The number of rotatable bonds is 3. The van der Waals surface area contributed by atoms with Crippen molar-refractivity contribution in [3.05, 3.63) is 0 Å². The molecule has 1 fully saturated rings. The molecule has 4 nitrogen and oxygen atoms in total. The highest BCUT2D eigenvalue weighted by atomic mass is 16.2. The third-order valence-corrected chi connectivity index (χ3v) is 2.98. The van der Waals surface area contributed by atoms with Crippen LogP contribution in [0.15, 0.2) is 0 Å². The molecule has 0 aromatic carbocycles. The van der Waals surface area contributed by atoms with Crippen molar-refractivity contribution in [3.63, 3.8) is 0 Å². The summed E-state index contributed by atoms with van der Waals surface area (Å²) in [6, 6.07) is 0.518. The van der Waals surface area contributed by atoms with Crippen LogP contribution in [-0.4, -0.2) is 55.5 Å². The Labute approximate surface area is 86.0 Å². The zero-order chi connectivity index (χ0) is 10.7. The molecular weight excluding hydrogens is 178 g/mol. The molecule has 14 heavy (non-hydrogen) atoms. The van der Waals surface area contributed by atoms with E-state index >= 15 is 0 Å². The van der Waals surface area contributed by atoms with Gasteiger partial charge in [0.15, 0.2) is 0 Å². The van der Waals surface area contributed by atoms with Crippen molar-refractivity contribution in [1.29, 1.82) is 0 Å². The van der Waals surface area contributed by atoms with Gasteiger partial charge in [-0.05, 0) is 20.5 Å². The highest BCUT2D eigenvalue weighted by molar-refractivity contribution is 5.79. The third-order valence-electron chi connectivity index (χ3n) is 2.98. The second-order valence-corrected chi connectivity index (χ2v) is 4.33. The number of hydrogen-bond acceptors (Lipinski definition) is 3. The molecular formula is C10H21N3O. The van der Waals surface area contributed by atoms with Gasteiger partial charge < -0.3 is 15.5 Å². The number of nitrogens with two attached hydrogens (primary N) is 1. The van der Waals surface area contributed by atoms with E-state index < -0.39 is 0 Å². The van der Waals surface area contributed by atoms with E-state index in [4.69, 9.17) is 5.73 Å². The van der Waals surface area contributed by atoms with Crippen LogP contribution in [0.25, 0.3) is 0 Å². The quantitative estimate of drug-likeness (QED) is 0.681. The van der Waals surface area contributed by atoms with E-state index in [-0.39, 0.29) is 11.8 Å². The van der Waals surface area contributed by atoms with Gasteiger partial charge in [-0.1, -0.05) is 6.92 Å². The second-order valence-electron chi connectivity index (χ2n) is 4.33. The lowest BCUT2D eigenvalue weighted by Gasteiger charge is -2.22. The minimum absolute atomic E-state index is 0.0316. The van der Waals surface area contributed by atoms with E-state index in [9.17, 15) is 4.79 Å². The summed E-state index contributed by atoms with van der Waals surface area (Å²) in [5, 5.41) is 0. The Balaban J connectivity index is 2.45. The van der Waals surface area contributed by atoms with E-state index in [1.807, 2.05) is 11.8 Å². The minimum Gasteiger partial charge on any atom is -0.341 e. The largest absolute Gasteiger partial charge is 0.341 e. The molecule has 0 saturated carbocycles. The maximum Gasteiger partial charge on any atom is 0.226 e. The van der Waals surface area contributed by atoms with Gasteiger partial charge in [-0.2, -0.15) is 0 Å². The molecule has 0 spiro atoms. The van der Waals surface area contributed by atoms with Crippen molar-refractivity contribution in [2.75, 3.05) is 33.7 Å². The normalized spacial score (nSPS) is 24.4. The van der Waals surface area contributed by atoms with Gasteiger partial charge in [0.2, 0.25) is 5.91 Å². The lowest BCUT2D eigenvalue weighted by molar-refractivity contribution is -0.133. The molecule has 2 unspecified atom stereocenters. The summed E-state index contributed by atoms with van der Waals surface area (Å²) in [5.41, 5.74) is 5.48. The first-order chi connectivity index (χ1) is 6.56. The summed E-state index contributed by atoms with van der Waals surface area (Å²) in [4.78, 5) is 15.9. The van der Waals surface area contributed by atoms with Gasteiger partial charge in [0.25, 0.3) is 0 Å². The molecule has 1 amide bonds. The number of carbonyl (C=O) groups is 1. The molecule has 4 heteroatoms. The minimum atomic E-state index is -0.0316. The molecule has 82 valence electrons. The maximum atomic E-state index is 11.8. The Morgan fingerprint density at radius 2 is 2.29 bits per heavy atom. The van der Waals surface area contributed by atoms with Crippen molar-refractivity contribution in [2.45, 2.75) is 19.4 Å². The van der Waals surface area contributed by atoms with Crippen LogP contribution in [0, 0.1) is 5.92 Å². The average Bonchev–Trinajstić information content (AvgIpc) is 2.64. The summed E-state index contributed by atoms with van der Waals surface area (Å²) in [6.07, 6.45) is 1.08. The van der Waals surface area contributed by atoms with Gasteiger partial charge in [0.1, 0.15) is 0 Å². The summed E-state index contributed by atoms with van der Waals surface area (Å²) in [5.74, 6) is 0.174. The number of nitrogens with zero attached hydrogens (tertiary/aromatic N) is 2. The van der Waals surface area contributed by atoms with Gasteiger partial charge in [-0.15, -0.1) is 0 Å². The van der Waals surface area contributed by atoms with Crippen LogP contribution >= 0.6 is 0 Å². The van der Waals surface area contributed by atoms with Crippen LogP contribution in [0.1, 0.15) is 13.3 Å². The summed E-state index contributed by atoms with van der Waals surface area (Å²) in [7, 11) is 4.12. The Morgan fingerprint density at radius 1 is 1.64 bits per heavy atom. The van der Waals surface area contributed by atoms with Crippen LogP contribution < -0.4 is 5.73 Å². The van der Waals surface area contributed by atoms with Crippen molar-refractivity contribution < 1.29 is 4.79 Å². The standard InChI is InChI=1S/C10H21N3O/c1-8(6-11)10(14)13-5-4-9(7-13)12(2)3/h8-9H,4-7,11H2,1-3H3. The lowest BCUT2D eigenvalue weighted by atomic mass is 10.1. The number of carbonyl (C=O) groups excluding carboxylic acids is 1. The van der Waals surface area contributed by atoms with E-state index in [0.717, 1.165) is 19.5 Å². The first-order valence-corrected chi connectivity index (χ1v) is 5.21. The monoisotopic (exact) mass is 199 g/mol. The zero-order valence-corrected chi connectivity index (χ0v) is 9.36. The fourth-order valence-corrected chi connectivity index (χ4v) is 1.78. The van der Waals surface area contributed by atoms with E-state index in [2.05, 4.69) is 19.0 Å². The third kappa shape index (κ3) is 2.45. The smallest absolute Gasteiger partial charge is 0.226 e. The fourth-order valence-electron chi connectivity index (χ4n) is 1.78. The predicted octanol–water partition coefficient (Wildman–Crippen LogP) is -0.256. The van der Waals surface area contributed by atoms with Gasteiger partial charge in [0.05, 0.1) is 0 Å². The first-order valence-electron chi connectivity index (χ1n) is 5.21. The summed E-state index contributed by atoms with van der Waals surface area (Å²) < 4.78 is 0. The van der Waals surface area contributed by atoms with Crippen LogP contribution in [-0.2, 0) is 4.79 Å². The van der Waals surface area contributed by atoms with Crippen molar-refractivity contribution in [1.82, 2.24) is 9.80 Å². The maximum absolute atomic E-state index is 11.8. The topological polar surface area (TPSA) is 49.6 Å². The molecule has 1 aliphatic heterocycles.